The molecule has 0 aromatic carbocycles. The molecule has 1 saturated carbocycles. The molecule has 0 bridgehead atoms. The van der Waals surface area contributed by atoms with Gasteiger partial charge >= 0.3 is 0 Å². The molecule has 1 aliphatic carbocycles. The van der Waals surface area contributed by atoms with Crippen LogP contribution in [0.15, 0.2) is 4.90 Å². The topological polar surface area (TPSA) is 76.7 Å². The number of hydrogen-bond acceptors (Lipinski definition) is 4. The molecule has 7 nitrogen and oxygen atoms in total. The summed E-state index contributed by atoms with van der Waals surface area (Å²) in [5.74, 6) is -0.143. The van der Waals surface area contributed by atoms with Crippen LogP contribution in [0.5, 0.6) is 0 Å². The first kappa shape index (κ1) is 21.8. The van der Waals surface area contributed by atoms with Crippen LogP contribution >= 0.6 is 0 Å². The van der Waals surface area contributed by atoms with E-state index >= 15 is 0 Å². The molecule has 3 heterocycles. The quantitative estimate of drug-likeness (QED) is 0.787. The smallest absolute Gasteiger partial charge is 0.257 e. The summed E-state index contributed by atoms with van der Waals surface area (Å²) in [6.07, 6.45) is 9.46. The highest BCUT2D eigenvalue weighted by molar-refractivity contribution is 7.89. The molecule has 0 radical (unpaired) electrons. The number of carbonyl (C=O) groups is 1. The van der Waals surface area contributed by atoms with Crippen molar-refractivity contribution < 1.29 is 13.2 Å². The zero-order valence-electron chi connectivity index (χ0n) is 18.5. The van der Waals surface area contributed by atoms with Crippen molar-refractivity contribution >= 4 is 15.9 Å². The zero-order chi connectivity index (χ0) is 21.3. The number of nitrogens with zero attached hydrogens (tertiary/aromatic N) is 3. The van der Waals surface area contributed by atoms with Crippen LogP contribution in [0.4, 0.5) is 0 Å². The lowest BCUT2D eigenvalue weighted by atomic mass is 9.94. The number of amides is 1. The van der Waals surface area contributed by atoms with Gasteiger partial charge in [0.25, 0.3) is 5.91 Å². The van der Waals surface area contributed by atoms with Crippen molar-refractivity contribution in [3.63, 3.8) is 0 Å². The average molecular weight is 437 g/mol. The number of likely N-dealkylation sites (tertiary alicyclic amines) is 1. The maximum absolute atomic E-state index is 13.6. The van der Waals surface area contributed by atoms with Gasteiger partial charge in [-0.2, -0.15) is 4.31 Å². The number of aryl methyl sites for hydroxylation is 2. The molecule has 1 aromatic rings. The van der Waals surface area contributed by atoms with Gasteiger partial charge in [-0.1, -0.05) is 19.3 Å². The first-order valence-corrected chi connectivity index (χ1v) is 13.1. The second kappa shape index (κ2) is 9.01. The second-order valence-corrected chi connectivity index (χ2v) is 11.0. The number of carbonyl (C=O) groups excluding carboxylic acids is 1. The van der Waals surface area contributed by atoms with Crippen LogP contribution in [0.2, 0.25) is 0 Å². The highest BCUT2D eigenvalue weighted by Gasteiger charge is 2.37. The van der Waals surface area contributed by atoms with Crippen molar-refractivity contribution in [2.24, 2.45) is 0 Å². The third-order valence-corrected chi connectivity index (χ3v) is 9.21. The summed E-state index contributed by atoms with van der Waals surface area (Å²) in [6, 6.07) is 0.607. The molecule has 3 fully saturated rings. The Balaban J connectivity index is 1.53. The van der Waals surface area contributed by atoms with Gasteiger partial charge < -0.3 is 9.88 Å². The summed E-state index contributed by atoms with van der Waals surface area (Å²) >= 11 is 0. The summed E-state index contributed by atoms with van der Waals surface area (Å²) in [6.45, 7) is 7.56. The van der Waals surface area contributed by atoms with Gasteiger partial charge in [0, 0.05) is 56.7 Å². The molecule has 168 valence electrons. The Bertz CT molecular complexity index is 859. The van der Waals surface area contributed by atoms with E-state index in [1.165, 1.54) is 32.1 Å². The van der Waals surface area contributed by atoms with Gasteiger partial charge in [-0.3, -0.25) is 9.69 Å². The lowest BCUT2D eigenvalue weighted by Crippen LogP contribution is -2.52. The monoisotopic (exact) mass is 436 g/mol. The molecule has 1 N–H and O–H groups in total. The number of H-pyrrole nitrogens is 1. The first-order valence-electron chi connectivity index (χ1n) is 11.6. The summed E-state index contributed by atoms with van der Waals surface area (Å²) in [7, 11) is -3.71. The van der Waals surface area contributed by atoms with Crippen molar-refractivity contribution in [1.29, 1.82) is 0 Å². The van der Waals surface area contributed by atoms with Crippen molar-refractivity contribution in [1.82, 2.24) is 19.1 Å². The van der Waals surface area contributed by atoms with E-state index in [0.717, 1.165) is 32.4 Å². The van der Waals surface area contributed by atoms with E-state index in [9.17, 15) is 13.2 Å². The van der Waals surface area contributed by atoms with Crippen molar-refractivity contribution in [3.05, 3.63) is 17.0 Å². The molecule has 0 spiro atoms. The summed E-state index contributed by atoms with van der Waals surface area (Å²) < 4.78 is 28.9. The third kappa shape index (κ3) is 4.18. The van der Waals surface area contributed by atoms with E-state index in [-0.39, 0.29) is 10.8 Å². The minimum Gasteiger partial charge on any atom is -0.361 e. The van der Waals surface area contributed by atoms with Crippen LogP contribution in [0, 0.1) is 13.8 Å². The molecule has 8 heteroatoms. The SMILES string of the molecule is Cc1[nH]c(C)c(S(=O)(=O)N2CCN(C3CCCCC3)CC2)c1C(=O)N1CCCCC1. The second-order valence-electron chi connectivity index (χ2n) is 9.16. The Morgan fingerprint density at radius 3 is 2.07 bits per heavy atom. The number of aromatic amines is 1. The molecular weight excluding hydrogens is 400 g/mol. The number of piperazine rings is 1. The standard InChI is InChI=1S/C22H36N4O3S/c1-17-20(22(27)25-11-7-4-8-12-25)21(18(2)23-17)30(28,29)26-15-13-24(14-16-26)19-9-5-3-6-10-19/h19,23H,3-16H2,1-2H3. The number of hydrogen-bond donors (Lipinski definition) is 1. The lowest BCUT2D eigenvalue weighted by molar-refractivity contribution is 0.0719. The predicted molar refractivity (Wildman–Crippen MR) is 117 cm³/mol. The zero-order valence-corrected chi connectivity index (χ0v) is 19.3. The molecule has 4 rings (SSSR count). The highest BCUT2D eigenvalue weighted by Crippen LogP contribution is 2.30. The fourth-order valence-electron chi connectivity index (χ4n) is 5.48. The van der Waals surface area contributed by atoms with Crippen LogP contribution in [0.3, 0.4) is 0 Å². The predicted octanol–water partition coefficient (Wildman–Crippen LogP) is 2.90. The molecule has 1 aromatic heterocycles. The van der Waals surface area contributed by atoms with Crippen molar-refractivity contribution in [2.45, 2.75) is 76.2 Å². The van der Waals surface area contributed by atoms with Gasteiger partial charge in [0.15, 0.2) is 0 Å². The molecule has 30 heavy (non-hydrogen) atoms. The maximum atomic E-state index is 13.6. The number of rotatable bonds is 4. The van der Waals surface area contributed by atoms with E-state index in [0.29, 0.717) is 49.2 Å². The average Bonchev–Trinajstić information content (AvgIpc) is 3.09. The Kier molecular flexibility index (Phi) is 6.55. The van der Waals surface area contributed by atoms with Gasteiger partial charge in [0.1, 0.15) is 4.90 Å². The minimum atomic E-state index is -3.71. The van der Waals surface area contributed by atoms with Crippen LogP contribution in [0.25, 0.3) is 0 Å². The normalized spacial score (nSPS) is 23.1. The van der Waals surface area contributed by atoms with Crippen LogP contribution < -0.4 is 0 Å². The largest absolute Gasteiger partial charge is 0.361 e. The highest BCUT2D eigenvalue weighted by atomic mass is 32.2. The number of nitrogens with one attached hydrogen (secondary N) is 1. The Hall–Kier alpha value is -1.38. The fourth-order valence-corrected chi connectivity index (χ4v) is 7.32. The molecule has 0 atom stereocenters. The van der Waals surface area contributed by atoms with Gasteiger partial charge in [0.05, 0.1) is 5.56 Å². The van der Waals surface area contributed by atoms with Crippen molar-refractivity contribution in [3.8, 4) is 0 Å². The van der Waals surface area contributed by atoms with Gasteiger partial charge in [-0.25, -0.2) is 8.42 Å². The molecule has 1 amide bonds. The van der Waals surface area contributed by atoms with Crippen molar-refractivity contribution in [2.75, 3.05) is 39.3 Å². The van der Waals surface area contributed by atoms with Gasteiger partial charge in [-0.15, -0.1) is 0 Å². The Labute approximate surface area is 180 Å². The van der Waals surface area contributed by atoms with Crippen LogP contribution in [0.1, 0.15) is 73.1 Å². The number of sulfonamides is 1. The van der Waals surface area contributed by atoms with Crippen LogP contribution in [-0.2, 0) is 10.0 Å². The third-order valence-electron chi connectivity index (χ3n) is 7.14. The molecule has 2 saturated heterocycles. The first-order chi connectivity index (χ1) is 14.4. The van der Waals surface area contributed by atoms with E-state index in [2.05, 4.69) is 9.88 Å². The van der Waals surface area contributed by atoms with Gasteiger partial charge in [-0.05, 0) is 46.0 Å². The van der Waals surface area contributed by atoms with Crippen LogP contribution in [-0.4, -0.2) is 78.7 Å². The van der Waals surface area contributed by atoms with E-state index in [1.807, 2.05) is 11.8 Å². The van der Waals surface area contributed by atoms with E-state index < -0.39 is 10.0 Å². The van der Waals surface area contributed by atoms with E-state index in [4.69, 9.17) is 0 Å². The fraction of sp³-hybridized carbons (Fsp3) is 0.773. The number of piperidine rings is 1. The molecule has 3 aliphatic rings. The summed E-state index contributed by atoms with van der Waals surface area (Å²) in [5, 5.41) is 0. The molecular formula is C22H36N4O3S. The molecule has 0 unspecified atom stereocenters. The summed E-state index contributed by atoms with van der Waals surface area (Å²) in [4.78, 5) is 20.9. The maximum Gasteiger partial charge on any atom is 0.257 e. The lowest BCUT2D eigenvalue weighted by Gasteiger charge is -2.40. The Morgan fingerprint density at radius 1 is 0.833 bits per heavy atom. The Morgan fingerprint density at radius 2 is 1.43 bits per heavy atom. The summed E-state index contributed by atoms with van der Waals surface area (Å²) in [5.41, 5.74) is 1.58. The minimum absolute atomic E-state index is 0.143. The van der Waals surface area contributed by atoms with Gasteiger partial charge in [0.2, 0.25) is 10.0 Å². The molecule has 2 aliphatic heterocycles. The van der Waals surface area contributed by atoms with E-state index in [1.54, 1.807) is 11.2 Å². The number of aromatic nitrogens is 1.